The minimum atomic E-state index is 0.245. The minimum absolute atomic E-state index is 0.245. The van der Waals surface area contributed by atoms with Crippen LogP contribution < -0.4 is 0 Å². The van der Waals surface area contributed by atoms with E-state index in [1.807, 2.05) is 69.3 Å². The van der Waals surface area contributed by atoms with Crippen molar-refractivity contribution in [3.05, 3.63) is 192 Å². The molecule has 3 N–H and O–H groups in total. The number of rotatable bonds is 3. The van der Waals surface area contributed by atoms with Gasteiger partial charge < -0.3 is 15.3 Å². The van der Waals surface area contributed by atoms with E-state index in [9.17, 15) is 10.2 Å². The van der Waals surface area contributed by atoms with E-state index in [0.717, 1.165) is 42.9 Å². The number of aryl methyl sites for hydroxylation is 6. The summed E-state index contributed by atoms with van der Waals surface area (Å²) < 4.78 is 0. The van der Waals surface area contributed by atoms with Crippen molar-refractivity contribution in [3.63, 3.8) is 0 Å². The summed E-state index contributed by atoms with van der Waals surface area (Å²) in [6.45, 7) is 12.2. The van der Waals surface area contributed by atoms with Gasteiger partial charge in [0.25, 0.3) is 0 Å². The topological polar surface area (TPSA) is 60.7 Å². The van der Waals surface area contributed by atoms with Crippen molar-refractivity contribution in [2.24, 2.45) is 0 Å². The summed E-state index contributed by atoms with van der Waals surface area (Å²) in [5.41, 5.74) is 13.6. The van der Waals surface area contributed by atoms with Gasteiger partial charge in [0, 0.05) is 25.1 Å². The quantitative estimate of drug-likeness (QED) is 0.166. The number of phenolic OH excluding ortho intramolecular Hbond substituents is 3. The minimum Gasteiger partial charge on any atom is -0.508 e. The summed E-state index contributed by atoms with van der Waals surface area (Å²) >= 11 is 28.5. The first-order valence-electron chi connectivity index (χ1n) is 17.6. The maximum Gasteiger partial charge on any atom is 0.115 e. The first-order chi connectivity index (χ1) is 26.5. The molecule has 7 aromatic carbocycles. The first-order valence-corrected chi connectivity index (χ1v) is 19.5. The molecule has 0 saturated carbocycles. The van der Waals surface area contributed by atoms with Crippen molar-refractivity contribution in [2.45, 2.75) is 41.5 Å². The number of hydrogen-bond donors (Lipinski definition) is 3. The fourth-order valence-corrected chi connectivity index (χ4v) is 6.55. The number of halogens is 5. The Hall–Kier alpha value is -4.61. The molecular formula is C48H43Cl5O3. The van der Waals surface area contributed by atoms with Gasteiger partial charge in [0.05, 0.1) is 0 Å². The molecule has 0 aliphatic carbocycles. The molecule has 3 nitrogen and oxygen atoms in total. The summed E-state index contributed by atoms with van der Waals surface area (Å²) in [7, 11) is 0. The predicted molar refractivity (Wildman–Crippen MR) is 241 cm³/mol. The van der Waals surface area contributed by atoms with Crippen LogP contribution in [-0.4, -0.2) is 15.3 Å². The molecule has 0 aliphatic rings. The summed E-state index contributed by atoms with van der Waals surface area (Å²) in [4.78, 5) is 0. The molecule has 7 aromatic rings. The van der Waals surface area contributed by atoms with Crippen LogP contribution in [0, 0.1) is 41.5 Å². The van der Waals surface area contributed by atoms with Crippen LogP contribution in [0.25, 0.3) is 33.4 Å². The van der Waals surface area contributed by atoms with Crippen LogP contribution in [-0.2, 0) is 0 Å². The highest BCUT2D eigenvalue weighted by Gasteiger charge is 2.11. The average molecular weight is 845 g/mol. The highest BCUT2D eigenvalue weighted by Crippen LogP contribution is 2.35. The molecule has 7 rings (SSSR count). The second kappa shape index (κ2) is 20.5. The second-order valence-electron chi connectivity index (χ2n) is 13.3. The van der Waals surface area contributed by atoms with Gasteiger partial charge in [-0.15, -0.1) is 0 Å². The van der Waals surface area contributed by atoms with Gasteiger partial charge in [0.2, 0.25) is 0 Å². The van der Waals surface area contributed by atoms with E-state index in [2.05, 4.69) is 51.1 Å². The molecule has 0 atom stereocenters. The summed E-state index contributed by atoms with van der Waals surface area (Å²) in [6.07, 6.45) is 0. The zero-order chi connectivity index (χ0) is 41.1. The Morgan fingerprint density at radius 1 is 0.286 bits per heavy atom. The third-order valence-electron chi connectivity index (χ3n) is 8.88. The van der Waals surface area contributed by atoms with E-state index in [1.165, 1.54) is 38.9 Å². The SMILES string of the molecule is Cc1cc(Cl)c(C)cc1Cl.Cc1ccc(-c2cc(C)c(-c3ccc(O)cc3)cc2C)cc1-c1ccc(O)cc1.Cc1ccc(Cl)cc1Cl.Oc1ccc(Cl)cc1. The van der Waals surface area contributed by atoms with Gasteiger partial charge in [-0.25, -0.2) is 0 Å². The highest BCUT2D eigenvalue weighted by atomic mass is 35.5. The Morgan fingerprint density at radius 2 is 0.625 bits per heavy atom. The maximum absolute atomic E-state index is 9.59. The number of benzene rings is 7. The van der Waals surface area contributed by atoms with Gasteiger partial charge in [-0.1, -0.05) is 113 Å². The molecule has 0 fully saturated rings. The molecule has 8 heteroatoms. The Bertz CT molecular complexity index is 2320. The highest BCUT2D eigenvalue weighted by molar-refractivity contribution is 6.35. The van der Waals surface area contributed by atoms with Crippen LogP contribution in [0.5, 0.6) is 17.2 Å². The molecule has 0 saturated heterocycles. The third kappa shape index (κ3) is 12.7. The molecule has 0 heterocycles. The number of aromatic hydroxyl groups is 3. The van der Waals surface area contributed by atoms with E-state index >= 15 is 0 Å². The maximum atomic E-state index is 9.59. The smallest absolute Gasteiger partial charge is 0.115 e. The zero-order valence-electron chi connectivity index (χ0n) is 31.9. The second-order valence-corrected chi connectivity index (χ2v) is 15.4. The van der Waals surface area contributed by atoms with Crippen LogP contribution in [0.2, 0.25) is 25.1 Å². The lowest BCUT2D eigenvalue weighted by Gasteiger charge is -2.15. The Kier molecular flexibility index (Phi) is 16.2. The molecule has 0 aliphatic heterocycles. The van der Waals surface area contributed by atoms with Gasteiger partial charge in [0.15, 0.2) is 0 Å². The first kappa shape index (κ1) is 44.1. The van der Waals surface area contributed by atoms with E-state index < -0.39 is 0 Å². The van der Waals surface area contributed by atoms with Crippen molar-refractivity contribution < 1.29 is 15.3 Å². The van der Waals surface area contributed by atoms with Crippen LogP contribution >= 0.6 is 58.0 Å². The Labute approximate surface area is 355 Å². The summed E-state index contributed by atoms with van der Waals surface area (Å²) in [5.74, 6) is 0.800. The molecule has 0 radical (unpaired) electrons. The predicted octanol–water partition coefficient (Wildman–Crippen LogP) is 16.0. The van der Waals surface area contributed by atoms with Gasteiger partial charge in [-0.2, -0.15) is 0 Å². The van der Waals surface area contributed by atoms with Crippen molar-refractivity contribution in [3.8, 4) is 50.6 Å². The monoisotopic (exact) mass is 842 g/mol. The van der Waals surface area contributed by atoms with Gasteiger partial charge >= 0.3 is 0 Å². The van der Waals surface area contributed by atoms with Crippen molar-refractivity contribution in [1.82, 2.24) is 0 Å². The molecule has 0 spiro atoms. The molecule has 0 amide bonds. The zero-order valence-corrected chi connectivity index (χ0v) is 35.7. The van der Waals surface area contributed by atoms with Crippen LogP contribution in [0.4, 0.5) is 0 Å². The fraction of sp³-hybridized carbons (Fsp3) is 0.125. The van der Waals surface area contributed by atoms with E-state index in [1.54, 1.807) is 54.6 Å². The lowest BCUT2D eigenvalue weighted by atomic mass is 9.89. The number of phenols is 3. The standard InChI is InChI=1S/C27H24O2.C8H8Cl2.C7H6Cl2.C6H5ClO/c1-17-4-5-22(16-27(17)21-8-12-24(29)13-9-21)26-15-18(2)25(14-19(26)3)20-6-10-23(28)11-7-20;1-5-3-8(10)6(2)4-7(5)9;1-5-2-3-6(8)4-7(5)9;7-5-1-3-6(8)4-2-5/h4-16,28-29H,1-3H3;3-4H,1-2H3;2-4H,1H3;1-4,8H. The lowest BCUT2D eigenvalue weighted by Crippen LogP contribution is -1.92. The molecule has 0 bridgehead atoms. The van der Waals surface area contributed by atoms with Crippen molar-refractivity contribution >= 4 is 58.0 Å². The normalized spacial score (nSPS) is 10.3. The van der Waals surface area contributed by atoms with Crippen molar-refractivity contribution in [1.29, 1.82) is 0 Å². The van der Waals surface area contributed by atoms with E-state index in [0.29, 0.717) is 10.0 Å². The Morgan fingerprint density at radius 3 is 1.04 bits per heavy atom. The van der Waals surface area contributed by atoms with Crippen LogP contribution in [0.3, 0.4) is 0 Å². The Balaban J connectivity index is 0.000000208. The lowest BCUT2D eigenvalue weighted by molar-refractivity contribution is 0.475. The van der Waals surface area contributed by atoms with Crippen LogP contribution in [0.1, 0.15) is 33.4 Å². The van der Waals surface area contributed by atoms with Crippen molar-refractivity contribution in [2.75, 3.05) is 0 Å². The number of hydrogen-bond acceptors (Lipinski definition) is 3. The average Bonchev–Trinajstić information content (AvgIpc) is 3.16. The van der Waals surface area contributed by atoms with Gasteiger partial charge in [0.1, 0.15) is 17.2 Å². The third-order valence-corrected chi connectivity index (χ3v) is 10.6. The molecule has 0 aromatic heterocycles. The van der Waals surface area contributed by atoms with Gasteiger partial charge in [-0.05, 0) is 187 Å². The van der Waals surface area contributed by atoms with Gasteiger partial charge in [-0.3, -0.25) is 0 Å². The molecular weight excluding hydrogens is 802 g/mol. The van der Waals surface area contributed by atoms with E-state index in [-0.39, 0.29) is 17.2 Å². The summed E-state index contributed by atoms with van der Waals surface area (Å²) in [6, 6.07) is 41.3. The molecule has 0 unspecified atom stereocenters. The summed E-state index contributed by atoms with van der Waals surface area (Å²) in [5, 5.41) is 31.5. The molecule has 56 heavy (non-hydrogen) atoms. The van der Waals surface area contributed by atoms with Crippen LogP contribution in [0.15, 0.2) is 133 Å². The largest absolute Gasteiger partial charge is 0.508 e. The molecule has 288 valence electrons. The fourth-order valence-electron chi connectivity index (χ4n) is 5.57. The van der Waals surface area contributed by atoms with E-state index in [4.69, 9.17) is 63.1 Å².